The predicted molar refractivity (Wildman–Crippen MR) is 170 cm³/mol. The number of hydrogen-bond donors (Lipinski definition) is 2. The third-order valence-corrected chi connectivity index (χ3v) is 5.83. The molecule has 177 valence electrons. The number of rotatable bonds is 14. The van der Waals surface area contributed by atoms with Crippen molar-refractivity contribution >= 4 is 119 Å². The van der Waals surface area contributed by atoms with Gasteiger partial charge < -0.3 is 24.6 Å². The maximum absolute atomic E-state index is 11.5. The summed E-state index contributed by atoms with van der Waals surface area (Å²) in [5.41, 5.74) is 0.214. The molecule has 0 saturated heterocycles. The average Bonchev–Trinajstić information content (AvgIpc) is 2.77. The number of hydrogen-bond acceptors (Lipinski definition) is 5. The maximum Gasteiger partial charge on any atom is 0.331 e. The van der Waals surface area contributed by atoms with Crippen molar-refractivity contribution in [3.8, 4) is 0 Å². The molecule has 22 heteroatoms. The Morgan fingerprint density at radius 1 is 1.05 bits per heavy atom. The largest absolute Gasteiger partial charge is 0.478 e. The summed E-state index contributed by atoms with van der Waals surface area (Å²) < 4.78 is 17.0. The smallest absolute Gasteiger partial charge is 0.331 e. The highest BCUT2D eigenvalue weighted by Gasteiger charge is 2.39. The summed E-state index contributed by atoms with van der Waals surface area (Å²) in [6.07, 6.45) is -3.78. The van der Waals surface area contributed by atoms with Crippen LogP contribution in [0.4, 0.5) is 0 Å². The molecule has 1 amide bonds. The molecule has 4 atom stereocenters. The van der Waals surface area contributed by atoms with E-state index >= 15 is 0 Å². The van der Waals surface area contributed by atoms with E-state index < -0.39 is 68.8 Å². The zero-order valence-corrected chi connectivity index (χ0v) is 23.0. The van der Waals surface area contributed by atoms with Crippen LogP contribution in [0.25, 0.3) is 0 Å². The fraction of sp³-hybridized carbons (Fsp3) is 0.750. The summed E-state index contributed by atoms with van der Waals surface area (Å²) in [6, 6.07) is -0.471. The second kappa shape index (κ2) is 18.8. The summed E-state index contributed by atoms with van der Waals surface area (Å²) in [6.45, 7) is 9.18. The molecule has 2 N–H and O–H groups in total. The standard InChI is InChI=1S/C16H27NO6.B15/c1-6-21-11(5)23-14-8-12(16(19)20)7-13(22-9(2)3)15(14)17-10(4)18;1-9-13(8)15(12(6)7)14(10(2)3)11(4)5/h7,9,11,13-15H,6,8H2,1-5H3,(H,17,18)(H,19,20);/t11?,13-,14-,15+;/m1./s1. The van der Waals surface area contributed by atoms with Crippen molar-refractivity contribution in [3.05, 3.63) is 11.6 Å². The second-order valence-electron chi connectivity index (χ2n) is 9.43. The first kappa shape index (κ1) is 37.5. The van der Waals surface area contributed by atoms with Gasteiger partial charge in [-0.05, 0) is 33.8 Å². The van der Waals surface area contributed by atoms with E-state index in [1.807, 2.05) is 20.8 Å². The summed E-state index contributed by atoms with van der Waals surface area (Å²) in [5.74, 6) is -1.24. The van der Waals surface area contributed by atoms with Crippen molar-refractivity contribution in [3.63, 3.8) is 0 Å². The van der Waals surface area contributed by atoms with E-state index in [0.29, 0.717) is 6.61 Å². The number of amides is 1. The predicted octanol–water partition coefficient (Wildman–Crippen LogP) is -4.24. The summed E-state index contributed by atoms with van der Waals surface area (Å²) in [5, 5.41) is 12.1. The molecular formula is C16H27B15NO6. The molecule has 1 aliphatic carbocycles. The lowest BCUT2D eigenvalue weighted by atomic mass is 8.46. The monoisotopic (exact) mass is 494 g/mol. The van der Waals surface area contributed by atoms with Gasteiger partial charge in [0.15, 0.2) is 6.29 Å². The topological polar surface area (TPSA) is 94.1 Å². The van der Waals surface area contributed by atoms with Crippen molar-refractivity contribution in [1.29, 1.82) is 0 Å². The van der Waals surface area contributed by atoms with E-state index in [9.17, 15) is 14.7 Å². The van der Waals surface area contributed by atoms with Crippen LogP contribution in [0.15, 0.2) is 11.6 Å². The molecule has 0 bridgehead atoms. The number of nitrogens with one attached hydrogen (secondary N) is 1. The number of carboxylic acids is 1. The lowest BCUT2D eigenvalue weighted by Gasteiger charge is -2.38. The summed E-state index contributed by atoms with van der Waals surface area (Å²) >= 11 is 0. The maximum atomic E-state index is 11.5. The molecule has 17 radical (unpaired) electrons. The van der Waals surface area contributed by atoms with E-state index in [0.717, 1.165) is 0 Å². The van der Waals surface area contributed by atoms with Crippen LogP contribution in [0.1, 0.15) is 41.0 Å². The molecule has 1 rings (SSSR count). The van der Waals surface area contributed by atoms with E-state index in [2.05, 4.69) is 5.32 Å². The van der Waals surface area contributed by atoms with Crippen molar-refractivity contribution in [2.45, 2.75) is 71.7 Å². The number of aliphatic carboxylic acids is 1. The molecule has 0 aromatic rings. The minimum atomic E-state index is -1.01. The molecule has 0 spiro atoms. The van der Waals surface area contributed by atoms with Gasteiger partial charge in [-0.2, -0.15) is 0 Å². The van der Waals surface area contributed by atoms with Gasteiger partial charge in [0.2, 0.25) is 5.91 Å². The van der Waals surface area contributed by atoms with Gasteiger partial charge in [0.1, 0.15) is 0 Å². The van der Waals surface area contributed by atoms with Gasteiger partial charge in [-0.3, -0.25) is 4.79 Å². The first-order valence-corrected chi connectivity index (χ1v) is 12.5. The van der Waals surface area contributed by atoms with Gasteiger partial charge >= 0.3 is 5.97 Å². The SMILES string of the molecule is CCOC(C)O[C@@H]1CC(C(=O)O)=C[C@@H](OC(C)C)[C@@H]1NC(C)=O.[B][B]B([B])B(B([B])[B])B(B([B])[B])B([B])[B]. The van der Waals surface area contributed by atoms with Crippen molar-refractivity contribution in [2.75, 3.05) is 6.61 Å². The van der Waals surface area contributed by atoms with Crippen molar-refractivity contribution in [1.82, 2.24) is 5.32 Å². The first-order valence-electron chi connectivity index (χ1n) is 12.5. The van der Waals surface area contributed by atoms with Crippen LogP contribution in [0.5, 0.6) is 0 Å². The van der Waals surface area contributed by atoms with Gasteiger partial charge in [0.25, 0.3) is 0 Å². The van der Waals surface area contributed by atoms with Gasteiger partial charge in [-0.15, -0.1) is 0 Å². The Balaban J connectivity index is 0.000000793. The fourth-order valence-corrected chi connectivity index (χ4v) is 4.25. The van der Waals surface area contributed by atoms with E-state index in [4.69, 9.17) is 76.1 Å². The van der Waals surface area contributed by atoms with E-state index in [1.54, 1.807) is 13.0 Å². The number of carboxylic acid groups (broad SMARTS) is 1. The van der Waals surface area contributed by atoms with Crippen LogP contribution < -0.4 is 5.32 Å². The Morgan fingerprint density at radius 3 is 1.95 bits per heavy atom. The Labute approximate surface area is 242 Å². The van der Waals surface area contributed by atoms with Gasteiger partial charge in [0, 0.05) is 133 Å². The Morgan fingerprint density at radius 2 is 1.58 bits per heavy atom. The van der Waals surface area contributed by atoms with Gasteiger partial charge in [-0.1, -0.05) is 0 Å². The molecule has 0 aliphatic heterocycles. The third-order valence-electron chi connectivity index (χ3n) is 5.83. The highest BCUT2D eigenvalue weighted by Crippen LogP contribution is 2.26. The molecule has 0 saturated carbocycles. The molecule has 38 heavy (non-hydrogen) atoms. The molecule has 1 aliphatic rings. The van der Waals surface area contributed by atoms with Crippen LogP contribution in [0.2, 0.25) is 0 Å². The van der Waals surface area contributed by atoms with Crippen LogP contribution in [0.3, 0.4) is 0 Å². The minimum Gasteiger partial charge on any atom is -0.478 e. The molecule has 0 aromatic heterocycles. The van der Waals surface area contributed by atoms with Crippen molar-refractivity contribution < 1.29 is 28.9 Å². The van der Waals surface area contributed by atoms with Crippen LogP contribution in [-0.2, 0) is 23.8 Å². The lowest BCUT2D eigenvalue weighted by Crippen LogP contribution is -2.73. The fourth-order valence-electron chi connectivity index (χ4n) is 4.25. The van der Waals surface area contributed by atoms with Gasteiger partial charge in [-0.25, -0.2) is 4.79 Å². The van der Waals surface area contributed by atoms with Crippen LogP contribution in [0, 0.1) is 0 Å². The quantitative estimate of drug-likeness (QED) is 0.189. The number of ether oxygens (including phenoxy) is 3. The molecule has 1 unspecified atom stereocenters. The Bertz CT molecular complexity index is 740. The van der Waals surface area contributed by atoms with E-state index in [1.165, 1.54) is 14.0 Å². The average molecular weight is 492 g/mol. The summed E-state index contributed by atoms with van der Waals surface area (Å²) in [4.78, 5) is 22.9. The Kier molecular flexibility index (Phi) is 18.6. The molecule has 7 nitrogen and oxygen atoms in total. The highest BCUT2D eigenvalue weighted by molar-refractivity contribution is 8.12. The highest BCUT2D eigenvalue weighted by atomic mass is 16.7. The zero-order valence-electron chi connectivity index (χ0n) is 23.0. The number of carbonyl (C=O) groups excluding carboxylic acids is 1. The molecule has 0 aromatic carbocycles. The third kappa shape index (κ3) is 13.3. The first-order chi connectivity index (χ1) is 17.6. The van der Waals surface area contributed by atoms with E-state index in [-0.39, 0.29) is 24.0 Å². The molecule has 0 fully saturated rings. The van der Waals surface area contributed by atoms with Crippen LogP contribution >= 0.6 is 0 Å². The van der Waals surface area contributed by atoms with Gasteiger partial charge in [0.05, 0.1) is 24.4 Å². The normalized spacial score (nSPS) is 19.1. The van der Waals surface area contributed by atoms with Crippen LogP contribution in [-0.4, -0.2) is 162 Å². The molecular weight excluding hydrogens is 464 g/mol. The van der Waals surface area contributed by atoms with Crippen molar-refractivity contribution in [2.24, 2.45) is 0 Å². The second-order valence-corrected chi connectivity index (χ2v) is 9.43. The minimum absolute atomic E-state index is 0.120. The molecule has 0 heterocycles. The zero-order chi connectivity index (χ0) is 29.7. The number of carbonyl (C=O) groups is 2. The summed E-state index contributed by atoms with van der Waals surface area (Å²) in [7, 11) is 45.8. The Hall–Kier alpha value is -0.466. The lowest BCUT2D eigenvalue weighted by molar-refractivity contribution is -0.177.